The third-order valence-electron chi connectivity index (χ3n) is 2.69. The Morgan fingerprint density at radius 3 is 2.55 bits per heavy atom. The molecular weight excluding hydrogens is 293 g/mol. The average molecular weight is 306 g/mol. The third-order valence-corrected chi connectivity index (χ3v) is 3.25. The molecule has 102 valence electrons. The molecule has 0 bridgehead atoms. The van der Waals surface area contributed by atoms with Crippen molar-refractivity contribution < 1.29 is 4.79 Å². The van der Waals surface area contributed by atoms with Crippen LogP contribution in [0, 0.1) is 0 Å². The van der Waals surface area contributed by atoms with Crippen molar-refractivity contribution in [3.63, 3.8) is 0 Å². The molecule has 0 aliphatic rings. The monoisotopic (exact) mass is 305 g/mol. The van der Waals surface area contributed by atoms with Crippen LogP contribution in [-0.4, -0.2) is 5.91 Å². The Kier molecular flexibility index (Phi) is 5.22. The van der Waals surface area contributed by atoms with Crippen molar-refractivity contribution in [1.29, 1.82) is 0 Å². The molecule has 2 rings (SSSR count). The predicted octanol–water partition coefficient (Wildman–Crippen LogP) is 4.32. The number of amides is 1. The van der Waals surface area contributed by atoms with E-state index in [2.05, 4.69) is 5.32 Å². The fourth-order valence-corrected chi connectivity index (χ4v) is 2.12. The zero-order valence-corrected chi connectivity index (χ0v) is 12.2. The normalized spacial score (nSPS) is 10.7. The molecule has 0 fully saturated rings. The molecule has 20 heavy (non-hydrogen) atoms. The van der Waals surface area contributed by atoms with Crippen LogP contribution < -0.4 is 5.32 Å². The van der Waals surface area contributed by atoms with E-state index in [1.807, 2.05) is 30.3 Å². The fourth-order valence-electron chi connectivity index (χ4n) is 1.65. The van der Waals surface area contributed by atoms with Gasteiger partial charge in [0.25, 0.3) is 0 Å². The lowest BCUT2D eigenvalue weighted by atomic mass is 10.2. The zero-order chi connectivity index (χ0) is 14.4. The van der Waals surface area contributed by atoms with Crippen molar-refractivity contribution in [2.45, 2.75) is 6.54 Å². The lowest BCUT2D eigenvalue weighted by Gasteiger charge is -2.02. The van der Waals surface area contributed by atoms with Crippen LogP contribution in [0.4, 0.5) is 0 Å². The molecule has 1 N–H and O–H groups in total. The molecule has 0 aliphatic heterocycles. The van der Waals surface area contributed by atoms with E-state index in [0.717, 1.165) is 11.1 Å². The largest absolute Gasteiger partial charge is 0.348 e. The minimum atomic E-state index is -0.167. The smallest absolute Gasteiger partial charge is 0.244 e. The van der Waals surface area contributed by atoms with E-state index in [0.29, 0.717) is 16.6 Å². The number of carbonyl (C=O) groups is 1. The second kappa shape index (κ2) is 7.13. The molecule has 0 unspecified atom stereocenters. The molecule has 0 atom stereocenters. The first-order chi connectivity index (χ1) is 9.65. The molecule has 0 saturated heterocycles. The molecular formula is C16H13Cl2NO. The summed E-state index contributed by atoms with van der Waals surface area (Å²) in [6.45, 7) is 0.498. The minimum Gasteiger partial charge on any atom is -0.348 e. The minimum absolute atomic E-state index is 0.167. The zero-order valence-electron chi connectivity index (χ0n) is 10.6. The van der Waals surface area contributed by atoms with Crippen molar-refractivity contribution in [3.05, 3.63) is 75.8 Å². The highest BCUT2D eigenvalue weighted by molar-refractivity contribution is 6.35. The van der Waals surface area contributed by atoms with Gasteiger partial charge in [0.15, 0.2) is 0 Å². The Balaban J connectivity index is 1.92. The Bertz CT molecular complexity index is 624. The number of nitrogens with one attached hydrogen (secondary N) is 1. The van der Waals surface area contributed by atoms with E-state index in [1.165, 1.54) is 6.08 Å². The number of benzene rings is 2. The number of halogens is 2. The molecule has 0 spiro atoms. The molecule has 2 aromatic rings. The van der Waals surface area contributed by atoms with Gasteiger partial charge in [-0.3, -0.25) is 4.79 Å². The molecule has 0 heterocycles. The van der Waals surface area contributed by atoms with Gasteiger partial charge in [0.2, 0.25) is 5.91 Å². The maximum absolute atomic E-state index is 11.7. The Morgan fingerprint density at radius 2 is 1.85 bits per heavy atom. The molecule has 2 aromatic carbocycles. The number of hydrogen-bond acceptors (Lipinski definition) is 1. The SMILES string of the molecule is O=C(/C=C/c1ccc(Cl)cc1Cl)NCc1ccccc1. The van der Waals surface area contributed by atoms with Crippen LogP contribution in [0.15, 0.2) is 54.6 Å². The molecule has 0 aliphatic carbocycles. The summed E-state index contributed by atoms with van der Waals surface area (Å²) in [4.78, 5) is 11.7. The van der Waals surface area contributed by atoms with Gasteiger partial charge in [0.1, 0.15) is 0 Å². The summed E-state index contributed by atoms with van der Waals surface area (Å²) in [5.41, 5.74) is 1.81. The van der Waals surface area contributed by atoms with Crippen LogP contribution in [0.25, 0.3) is 6.08 Å². The molecule has 0 saturated carbocycles. The van der Waals surface area contributed by atoms with Crippen LogP contribution in [-0.2, 0) is 11.3 Å². The molecule has 2 nitrogen and oxygen atoms in total. The summed E-state index contributed by atoms with van der Waals surface area (Å²) in [6.07, 6.45) is 3.12. The van der Waals surface area contributed by atoms with E-state index in [-0.39, 0.29) is 5.91 Å². The second-order valence-electron chi connectivity index (χ2n) is 4.20. The van der Waals surface area contributed by atoms with Gasteiger partial charge in [-0.15, -0.1) is 0 Å². The molecule has 4 heteroatoms. The van der Waals surface area contributed by atoms with Gasteiger partial charge >= 0.3 is 0 Å². The van der Waals surface area contributed by atoms with E-state index in [1.54, 1.807) is 24.3 Å². The summed E-state index contributed by atoms with van der Waals surface area (Å²) in [5, 5.41) is 3.89. The number of carbonyl (C=O) groups excluding carboxylic acids is 1. The molecule has 0 radical (unpaired) electrons. The summed E-state index contributed by atoms with van der Waals surface area (Å²) in [5.74, 6) is -0.167. The lowest BCUT2D eigenvalue weighted by molar-refractivity contribution is -0.116. The summed E-state index contributed by atoms with van der Waals surface area (Å²) >= 11 is 11.8. The van der Waals surface area contributed by atoms with Gasteiger partial charge in [0.05, 0.1) is 0 Å². The van der Waals surface area contributed by atoms with Crippen LogP contribution in [0.1, 0.15) is 11.1 Å². The molecule has 0 aromatic heterocycles. The maximum atomic E-state index is 11.7. The van der Waals surface area contributed by atoms with Crippen LogP contribution in [0.2, 0.25) is 10.0 Å². The summed E-state index contributed by atoms with van der Waals surface area (Å²) in [6, 6.07) is 14.9. The number of hydrogen-bond donors (Lipinski definition) is 1. The van der Waals surface area contributed by atoms with Crippen molar-refractivity contribution in [3.8, 4) is 0 Å². The Morgan fingerprint density at radius 1 is 1.10 bits per heavy atom. The maximum Gasteiger partial charge on any atom is 0.244 e. The Labute approximate surface area is 128 Å². The van der Waals surface area contributed by atoms with Crippen LogP contribution >= 0.6 is 23.2 Å². The summed E-state index contributed by atoms with van der Waals surface area (Å²) in [7, 11) is 0. The van der Waals surface area contributed by atoms with Crippen LogP contribution in [0.3, 0.4) is 0 Å². The van der Waals surface area contributed by atoms with Crippen molar-refractivity contribution >= 4 is 35.2 Å². The summed E-state index contributed by atoms with van der Waals surface area (Å²) < 4.78 is 0. The third kappa shape index (κ3) is 4.41. The highest BCUT2D eigenvalue weighted by Gasteiger charge is 1.99. The van der Waals surface area contributed by atoms with Gasteiger partial charge in [-0.25, -0.2) is 0 Å². The fraction of sp³-hybridized carbons (Fsp3) is 0.0625. The first kappa shape index (κ1) is 14.6. The van der Waals surface area contributed by atoms with E-state index in [4.69, 9.17) is 23.2 Å². The Hall–Kier alpha value is -1.77. The first-order valence-corrected chi connectivity index (χ1v) is 6.85. The highest BCUT2D eigenvalue weighted by atomic mass is 35.5. The van der Waals surface area contributed by atoms with Crippen molar-refractivity contribution in [2.75, 3.05) is 0 Å². The van der Waals surface area contributed by atoms with Gasteiger partial charge in [-0.2, -0.15) is 0 Å². The topological polar surface area (TPSA) is 29.1 Å². The standard InChI is InChI=1S/C16H13Cl2NO/c17-14-8-6-13(15(18)10-14)7-9-16(20)19-11-12-4-2-1-3-5-12/h1-10H,11H2,(H,19,20)/b9-7+. The lowest BCUT2D eigenvalue weighted by Crippen LogP contribution is -2.20. The van der Waals surface area contributed by atoms with Crippen molar-refractivity contribution in [2.24, 2.45) is 0 Å². The van der Waals surface area contributed by atoms with Crippen molar-refractivity contribution in [1.82, 2.24) is 5.32 Å². The first-order valence-electron chi connectivity index (χ1n) is 6.10. The van der Waals surface area contributed by atoms with Gasteiger partial charge in [-0.1, -0.05) is 59.6 Å². The van der Waals surface area contributed by atoms with Gasteiger partial charge < -0.3 is 5.32 Å². The van der Waals surface area contributed by atoms with E-state index >= 15 is 0 Å². The average Bonchev–Trinajstić information content (AvgIpc) is 2.45. The predicted molar refractivity (Wildman–Crippen MR) is 83.8 cm³/mol. The number of rotatable bonds is 4. The van der Waals surface area contributed by atoms with Gasteiger partial charge in [-0.05, 0) is 29.3 Å². The second-order valence-corrected chi connectivity index (χ2v) is 5.05. The van der Waals surface area contributed by atoms with Gasteiger partial charge in [0, 0.05) is 22.7 Å². The van der Waals surface area contributed by atoms with Crippen LogP contribution in [0.5, 0.6) is 0 Å². The van der Waals surface area contributed by atoms with E-state index in [9.17, 15) is 4.79 Å². The van der Waals surface area contributed by atoms with E-state index < -0.39 is 0 Å². The highest BCUT2D eigenvalue weighted by Crippen LogP contribution is 2.21. The quantitative estimate of drug-likeness (QED) is 0.837. The molecule has 1 amide bonds.